The highest BCUT2D eigenvalue weighted by atomic mass is 35.5. The van der Waals surface area contributed by atoms with Crippen LogP contribution >= 0.6 is 11.6 Å². The summed E-state index contributed by atoms with van der Waals surface area (Å²) in [5, 5.41) is 8.70. The van der Waals surface area contributed by atoms with Crippen LogP contribution in [0.3, 0.4) is 0 Å². The summed E-state index contributed by atoms with van der Waals surface area (Å²) in [6.07, 6.45) is 2.72. The van der Waals surface area contributed by atoms with Gasteiger partial charge in [0.15, 0.2) is 0 Å². The van der Waals surface area contributed by atoms with Crippen molar-refractivity contribution in [2.75, 3.05) is 38.2 Å². The van der Waals surface area contributed by atoms with Gasteiger partial charge in [-0.2, -0.15) is 4.98 Å². The van der Waals surface area contributed by atoms with E-state index in [9.17, 15) is 4.79 Å². The molecular formula is C25H26ClN5O3. The molecule has 1 fully saturated rings. The summed E-state index contributed by atoms with van der Waals surface area (Å²) in [5.41, 5.74) is 2.75. The van der Waals surface area contributed by atoms with Gasteiger partial charge >= 0.3 is 0 Å². The van der Waals surface area contributed by atoms with Crippen LogP contribution < -0.4 is 5.32 Å². The van der Waals surface area contributed by atoms with Crippen molar-refractivity contribution in [1.82, 2.24) is 19.6 Å². The molecule has 0 radical (unpaired) electrons. The molecule has 176 valence electrons. The van der Waals surface area contributed by atoms with E-state index in [0.717, 1.165) is 61.5 Å². The number of nitrogens with zero attached hydrogens (tertiary/aromatic N) is 4. The Labute approximate surface area is 202 Å². The lowest BCUT2D eigenvalue weighted by atomic mass is 10.2. The van der Waals surface area contributed by atoms with E-state index in [-0.39, 0.29) is 12.3 Å². The van der Waals surface area contributed by atoms with Crippen LogP contribution in [-0.4, -0.2) is 58.4 Å². The molecular weight excluding hydrogens is 454 g/mol. The first-order chi connectivity index (χ1) is 16.6. The number of ether oxygens (including phenoxy) is 1. The molecule has 0 unspecified atom stereocenters. The van der Waals surface area contributed by atoms with Gasteiger partial charge in [-0.25, -0.2) is 0 Å². The van der Waals surface area contributed by atoms with Gasteiger partial charge in [0.2, 0.25) is 17.6 Å². The third kappa shape index (κ3) is 5.47. The van der Waals surface area contributed by atoms with Crippen molar-refractivity contribution in [2.24, 2.45) is 0 Å². The number of anilines is 1. The van der Waals surface area contributed by atoms with E-state index in [1.807, 2.05) is 24.3 Å². The molecule has 2 aromatic carbocycles. The smallest absolute Gasteiger partial charge is 0.227 e. The second-order valence-corrected chi connectivity index (χ2v) is 8.74. The van der Waals surface area contributed by atoms with Crippen molar-refractivity contribution in [3.05, 3.63) is 65.6 Å². The third-order valence-electron chi connectivity index (χ3n) is 5.95. The van der Waals surface area contributed by atoms with Gasteiger partial charge in [-0.05, 0) is 48.5 Å². The highest BCUT2D eigenvalue weighted by molar-refractivity contribution is 6.30. The summed E-state index contributed by atoms with van der Waals surface area (Å²) in [4.78, 5) is 19.3. The molecule has 1 saturated heterocycles. The van der Waals surface area contributed by atoms with Gasteiger partial charge < -0.3 is 19.1 Å². The van der Waals surface area contributed by atoms with Gasteiger partial charge in [0, 0.05) is 72.4 Å². The first-order valence-electron chi connectivity index (χ1n) is 11.4. The van der Waals surface area contributed by atoms with E-state index in [0.29, 0.717) is 23.2 Å². The molecule has 9 heteroatoms. The van der Waals surface area contributed by atoms with Crippen molar-refractivity contribution in [3.8, 4) is 11.4 Å². The maximum absolute atomic E-state index is 12.5. The Morgan fingerprint density at radius 2 is 1.88 bits per heavy atom. The van der Waals surface area contributed by atoms with Crippen LogP contribution in [0.25, 0.3) is 22.3 Å². The average Bonchev–Trinajstić information content (AvgIpc) is 3.49. The molecule has 1 N–H and O–H groups in total. The maximum atomic E-state index is 12.5. The zero-order chi connectivity index (χ0) is 23.3. The molecule has 2 aromatic heterocycles. The average molecular weight is 480 g/mol. The lowest BCUT2D eigenvalue weighted by Gasteiger charge is -2.26. The first kappa shape index (κ1) is 22.6. The topological polar surface area (TPSA) is 85.4 Å². The van der Waals surface area contributed by atoms with Crippen LogP contribution in [0, 0.1) is 0 Å². The van der Waals surface area contributed by atoms with Crippen LogP contribution in [0.15, 0.2) is 59.3 Å². The molecule has 1 aliphatic rings. The molecule has 3 heterocycles. The van der Waals surface area contributed by atoms with Gasteiger partial charge in [0.1, 0.15) is 0 Å². The van der Waals surface area contributed by atoms with Crippen molar-refractivity contribution in [1.29, 1.82) is 0 Å². The highest BCUT2D eigenvalue weighted by Crippen LogP contribution is 2.22. The molecule has 5 rings (SSSR count). The number of carbonyl (C=O) groups excluding carboxylic acids is 1. The Kier molecular flexibility index (Phi) is 6.89. The Hall–Kier alpha value is -3.20. The number of aromatic nitrogens is 3. The van der Waals surface area contributed by atoms with E-state index >= 15 is 0 Å². The quantitative estimate of drug-likeness (QED) is 0.406. The van der Waals surface area contributed by atoms with Crippen molar-refractivity contribution in [3.63, 3.8) is 0 Å². The van der Waals surface area contributed by atoms with Gasteiger partial charge in [-0.1, -0.05) is 16.8 Å². The fourth-order valence-electron chi connectivity index (χ4n) is 4.06. The third-order valence-corrected chi connectivity index (χ3v) is 6.20. The summed E-state index contributed by atoms with van der Waals surface area (Å²) < 4.78 is 13.0. The second kappa shape index (κ2) is 10.4. The SMILES string of the molecule is O=C(CCc1nc(-c2ccc(Cl)cc2)no1)Nc1ccc2c(ccn2CCN2CCOCC2)c1. The molecule has 4 aromatic rings. The predicted octanol–water partition coefficient (Wildman–Crippen LogP) is 4.25. The van der Waals surface area contributed by atoms with E-state index in [4.69, 9.17) is 20.9 Å². The predicted molar refractivity (Wildman–Crippen MR) is 131 cm³/mol. The number of fused-ring (bicyclic) bond motifs is 1. The number of carbonyl (C=O) groups is 1. The van der Waals surface area contributed by atoms with Crippen LogP contribution in [0.2, 0.25) is 5.02 Å². The summed E-state index contributed by atoms with van der Waals surface area (Å²) in [7, 11) is 0. The Balaban J connectivity index is 1.14. The summed E-state index contributed by atoms with van der Waals surface area (Å²) >= 11 is 5.92. The molecule has 0 atom stereocenters. The van der Waals surface area contributed by atoms with Crippen LogP contribution in [0.1, 0.15) is 12.3 Å². The Morgan fingerprint density at radius 1 is 1.06 bits per heavy atom. The van der Waals surface area contributed by atoms with Crippen molar-refractivity contribution < 1.29 is 14.1 Å². The zero-order valence-electron chi connectivity index (χ0n) is 18.7. The summed E-state index contributed by atoms with van der Waals surface area (Å²) in [6, 6.07) is 15.3. The monoisotopic (exact) mass is 479 g/mol. The Morgan fingerprint density at radius 3 is 2.71 bits per heavy atom. The fourth-order valence-corrected chi connectivity index (χ4v) is 4.19. The van der Waals surface area contributed by atoms with Crippen molar-refractivity contribution in [2.45, 2.75) is 19.4 Å². The van der Waals surface area contributed by atoms with Gasteiger partial charge in [-0.15, -0.1) is 0 Å². The number of nitrogens with one attached hydrogen (secondary N) is 1. The number of hydrogen-bond donors (Lipinski definition) is 1. The van der Waals surface area contributed by atoms with Gasteiger partial charge in [0.05, 0.1) is 13.2 Å². The van der Waals surface area contributed by atoms with Crippen LogP contribution in [-0.2, 0) is 22.5 Å². The minimum Gasteiger partial charge on any atom is -0.379 e. The van der Waals surface area contributed by atoms with E-state index in [1.54, 1.807) is 12.1 Å². The fraction of sp³-hybridized carbons (Fsp3) is 0.320. The van der Waals surface area contributed by atoms with Gasteiger partial charge in [-0.3, -0.25) is 9.69 Å². The minimum atomic E-state index is -0.0997. The normalized spacial score (nSPS) is 14.5. The highest BCUT2D eigenvalue weighted by Gasteiger charge is 2.13. The number of amides is 1. The summed E-state index contributed by atoms with van der Waals surface area (Å²) in [6.45, 7) is 5.53. The lowest BCUT2D eigenvalue weighted by molar-refractivity contribution is -0.116. The molecule has 0 saturated carbocycles. The maximum Gasteiger partial charge on any atom is 0.227 e. The van der Waals surface area contributed by atoms with E-state index in [1.165, 1.54) is 0 Å². The number of rotatable bonds is 8. The number of halogens is 1. The molecule has 0 bridgehead atoms. The largest absolute Gasteiger partial charge is 0.379 e. The molecule has 8 nitrogen and oxygen atoms in total. The number of aryl methyl sites for hydroxylation is 1. The molecule has 1 aliphatic heterocycles. The van der Waals surface area contributed by atoms with Crippen LogP contribution in [0.5, 0.6) is 0 Å². The lowest BCUT2D eigenvalue weighted by Crippen LogP contribution is -2.38. The van der Waals surface area contributed by atoms with E-state index < -0.39 is 0 Å². The Bertz CT molecular complexity index is 1260. The first-order valence-corrected chi connectivity index (χ1v) is 11.8. The molecule has 1 amide bonds. The number of hydrogen-bond acceptors (Lipinski definition) is 6. The molecule has 0 spiro atoms. The number of morpholine rings is 1. The minimum absolute atomic E-state index is 0.0997. The molecule has 0 aliphatic carbocycles. The van der Waals surface area contributed by atoms with Gasteiger partial charge in [0.25, 0.3) is 0 Å². The van der Waals surface area contributed by atoms with Crippen molar-refractivity contribution >= 4 is 34.1 Å². The number of benzene rings is 2. The zero-order valence-corrected chi connectivity index (χ0v) is 19.5. The van der Waals surface area contributed by atoms with Crippen LogP contribution in [0.4, 0.5) is 5.69 Å². The molecule has 34 heavy (non-hydrogen) atoms. The second-order valence-electron chi connectivity index (χ2n) is 8.30. The summed E-state index contributed by atoms with van der Waals surface area (Å²) in [5.74, 6) is 0.806. The van der Waals surface area contributed by atoms with E-state index in [2.05, 4.69) is 43.3 Å². The standard InChI is InChI=1S/C25H26ClN5O3/c26-20-3-1-18(2-4-20)25-28-24(34-29-25)8-7-23(32)27-21-5-6-22-19(17-21)9-10-31(22)12-11-30-13-15-33-16-14-30/h1-6,9-10,17H,7-8,11-16H2,(H,27,32).